The molecule has 0 atom stereocenters. The molecule has 0 spiro atoms. The highest BCUT2D eigenvalue weighted by molar-refractivity contribution is 6.30. The molecule has 1 aromatic carbocycles. The van der Waals surface area contributed by atoms with Crippen LogP contribution in [0.2, 0.25) is 5.02 Å². The molecule has 0 saturated heterocycles. The molecule has 0 unspecified atom stereocenters. The summed E-state index contributed by atoms with van der Waals surface area (Å²) in [6, 6.07) is 7.25. The first-order valence-electron chi connectivity index (χ1n) is 5.53. The summed E-state index contributed by atoms with van der Waals surface area (Å²) in [5.41, 5.74) is 0. The van der Waals surface area contributed by atoms with Gasteiger partial charge in [-0.25, -0.2) is 0 Å². The van der Waals surface area contributed by atoms with Gasteiger partial charge >= 0.3 is 0 Å². The molecule has 0 amide bonds. The van der Waals surface area contributed by atoms with Gasteiger partial charge in [0, 0.05) is 18.7 Å². The van der Waals surface area contributed by atoms with Crippen LogP contribution in [0.4, 0.5) is 0 Å². The average Bonchev–Trinajstić information content (AvgIpc) is 2.81. The SMILES string of the molecule is COCCn1cnnc1COc1cccc(Cl)c1. The number of methoxy groups -OCH3 is 1. The molecule has 0 N–H and O–H groups in total. The summed E-state index contributed by atoms with van der Waals surface area (Å²) in [7, 11) is 1.66. The monoisotopic (exact) mass is 267 g/mol. The third-order valence-corrected chi connectivity index (χ3v) is 2.63. The second-order valence-corrected chi connectivity index (χ2v) is 4.12. The number of nitrogens with zero attached hydrogens (tertiary/aromatic N) is 3. The Balaban J connectivity index is 1.95. The van der Waals surface area contributed by atoms with Crippen molar-refractivity contribution in [1.29, 1.82) is 0 Å². The lowest BCUT2D eigenvalue weighted by Crippen LogP contribution is -2.10. The lowest BCUT2D eigenvalue weighted by Gasteiger charge is -2.08. The highest BCUT2D eigenvalue weighted by Crippen LogP contribution is 2.17. The van der Waals surface area contributed by atoms with Gasteiger partial charge in [0.1, 0.15) is 18.7 Å². The molecule has 1 aromatic heterocycles. The molecule has 6 heteroatoms. The van der Waals surface area contributed by atoms with Gasteiger partial charge in [0.05, 0.1) is 6.61 Å². The molecule has 2 rings (SSSR count). The van der Waals surface area contributed by atoms with Crippen LogP contribution >= 0.6 is 11.6 Å². The molecular formula is C12H14ClN3O2. The van der Waals surface area contributed by atoms with E-state index in [-0.39, 0.29) is 0 Å². The standard InChI is InChI=1S/C12H14ClN3O2/c1-17-6-5-16-9-14-15-12(16)8-18-11-4-2-3-10(13)7-11/h2-4,7,9H,5-6,8H2,1H3. The zero-order chi connectivity index (χ0) is 12.8. The van der Waals surface area contributed by atoms with Crippen LogP contribution in [0.15, 0.2) is 30.6 Å². The first-order chi connectivity index (χ1) is 8.79. The van der Waals surface area contributed by atoms with Crippen LogP contribution in [0, 0.1) is 0 Å². The molecule has 5 nitrogen and oxygen atoms in total. The van der Waals surface area contributed by atoms with Gasteiger partial charge in [0.15, 0.2) is 5.82 Å². The maximum Gasteiger partial charge on any atom is 0.170 e. The molecule has 0 bridgehead atoms. The minimum absolute atomic E-state index is 0.351. The van der Waals surface area contributed by atoms with E-state index in [2.05, 4.69) is 10.2 Å². The second kappa shape index (κ2) is 6.37. The molecule has 96 valence electrons. The van der Waals surface area contributed by atoms with Crippen molar-refractivity contribution in [3.8, 4) is 5.75 Å². The Morgan fingerprint density at radius 3 is 3.06 bits per heavy atom. The van der Waals surface area contributed by atoms with E-state index in [4.69, 9.17) is 21.1 Å². The fraction of sp³-hybridized carbons (Fsp3) is 0.333. The van der Waals surface area contributed by atoms with Crippen LogP contribution < -0.4 is 4.74 Å². The van der Waals surface area contributed by atoms with E-state index in [1.54, 1.807) is 25.6 Å². The van der Waals surface area contributed by atoms with Crippen LogP contribution in [0.5, 0.6) is 5.75 Å². The summed E-state index contributed by atoms with van der Waals surface area (Å²) >= 11 is 5.88. The molecule has 0 saturated carbocycles. The molecule has 0 radical (unpaired) electrons. The second-order valence-electron chi connectivity index (χ2n) is 3.68. The number of rotatable bonds is 6. The highest BCUT2D eigenvalue weighted by Gasteiger charge is 2.05. The van der Waals surface area contributed by atoms with Crippen molar-refractivity contribution in [3.63, 3.8) is 0 Å². The Morgan fingerprint density at radius 2 is 2.28 bits per heavy atom. The molecule has 0 aliphatic rings. The fourth-order valence-electron chi connectivity index (χ4n) is 1.47. The topological polar surface area (TPSA) is 49.2 Å². The van der Waals surface area contributed by atoms with Crippen molar-refractivity contribution in [1.82, 2.24) is 14.8 Å². The van der Waals surface area contributed by atoms with Crippen molar-refractivity contribution in [2.24, 2.45) is 0 Å². The third kappa shape index (κ3) is 3.45. The first-order valence-corrected chi connectivity index (χ1v) is 5.91. The van der Waals surface area contributed by atoms with Crippen molar-refractivity contribution in [3.05, 3.63) is 41.4 Å². The van der Waals surface area contributed by atoms with Gasteiger partial charge in [-0.2, -0.15) is 0 Å². The van der Waals surface area contributed by atoms with Crippen LogP contribution in [-0.4, -0.2) is 28.5 Å². The summed E-state index contributed by atoms with van der Waals surface area (Å²) in [6.45, 7) is 1.67. The number of ether oxygens (including phenoxy) is 2. The summed E-state index contributed by atoms with van der Waals surface area (Å²) in [4.78, 5) is 0. The van der Waals surface area contributed by atoms with Gasteiger partial charge in [-0.15, -0.1) is 10.2 Å². The lowest BCUT2D eigenvalue weighted by atomic mass is 10.3. The quantitative estimate of drug-likeness (QED) is 0.805. The molecule has 18 heavy (non-hydrogen) atoms. The summed E-state index contributed by atoms with van der Waals surface area (Å²) in [5, 5.41) is 8.51. The number of benzene rings is 1. The van der Waals surface area contributed by atoms with Gasteiger partial charge in [0.2, 0.25) is 0 Å². The lowest BCUT2D eigenvalue weighted by molar-refractivity contribution is 0.183. The van der Waals surface area contributed by atoms with E-state index >= 15 is 0 Å². The number of hydrogen-bond acceptors (Lipinski definition) is 4. The summed E-state index contributed by atoms with van der Waals surface area (Å²) < 4.78 is 12.5. The predicted molar refractivity (Wildman–Crippen MR) is 67.7 cm³/mol. The molecule has 2 aromatic rings. The van der Waals surface area contributed by atoms with Crippen molar-refractivity contribution >= 4 is 11.6 Å². The average molecular weight is 268 g/mol. The van der Waals surface area contributed by atoms with Gasteiger partial charge in [-0.05, 0) is 18.2 Å². The minimum Gasteiger partial charge on any atom is -0.486 e. The van der Waals surface area contributed by atoms with E-state index < -0.39 is 0 Å². The Morgan fingerprint density at radius 1 is 1.39 bits per heavy atom. The van der Waals surface area contributed by atoms with E-state index in [1.807, 2.05) is 16.7 Å². The fourth-order valence-corrected chi connectivity index (χ4v) is 1.65. The Bertz CT molecular complexity index is 502. The van der Waals surface area contributed by atoms with E-state index in [1.165, 1.54) is 0 Å². The first kappa shape index (κ1) is 12.9. The largest absolute Gasteiger partial charge is 0.486 e. The Hall–Kier alpha value is -1.59. The molecular weight excluding hydrogens is 254 g/mol. The van der Waals surface area contributed by atoms with Crippen molar-refractivity contribution in [2.75, 3.05) is 13.7 Å². The normalized spacial score (nSPS) is 10.6. The molecule has 0 aliphatic heterocycles. The van der Waals surface area contributed by atoms with Gasteiger partial charge in [0.25, 0.3) is 0 Å². The predicted octanol–water partition coefficient (Wildman–Crippen LogP) is 2.16. The van der Waals surface area contributed by atoms with Crippen LogP contribution in [0.3, 0.4) is 0 Å². The number of halogens is 1. The number of hydrogen-bond donors (Lipinski definition) is 0. The molecule has 0 fully saturated rings. The summed E-state index contributed by atoms with van der Waals surface area (Å²) in [6.07, 6.45) is 1.66. The van der Waals surface area contributed by atoms with Crippen LogP contribution in [0.25, 0.3) is 0 Å². The number of aromatic nitrogens is 3. The minimum atomic E-state index is 0.351. The third-order valence-electron chi connectivity index (χ3n) is 2.40. The maximum absolute atomic E-state index is 5.88. The van der Waals surface area contributed by atoms with Crippen molar-refractivity contribution < 1.29 is 9.47 Å². The molecule has 0 aliphatic carbocycles. The van der Waals surface area contributed by atoms with Crippen LogP contribution in [-0.2, 0) is 17.9 Å². The molecule has 1 heterocycles. The van der Waals surface area contributed by atoms with E-state index in [0.717, 1.165) is 5.82 Å². The Labute approximate surface area is 110 Å². The summed E-state index contributed by atoms with van der Waals surface area (Å²) in [5.74, 6) is 1.47. The van der Waals surface area contributed by atoms with Gasteiger partial charge < -0.3 is 14.0 Å². The van der Waals surface area contributed by atoms with E-state index in [0.29, 0.717) is 30.5 Å². The zero-order valence-electron chi connectivity index (χ0n) is 10.0. The van der Waals surface area contributed by atoms with Gasteiger partial charge in [-0.1, -0.05) is 17.7 Å². The van der Waals surface area contributed by atoms with Gasteiger partial charge in [-0.3, -0.25) is 0 Å². The maximum atomic E-state index is 5.88. The smallest absolute Gasteiger partial charge is 0.170 e. The Kier molecular flexibility index (Phi) is 4.55. The van der Waals surface area contributed by atoms with Crippen molar-refractivity contribution in [2.45, 2.75) is 13.2 Å². The highest BCUT2D eigenvalue weighted by atomic mass is 35.5. The van der Waals surface area contributed by atoms with Crippen LogP contribution in [0.1, 0.15) is 5.82 Å². The van der Waals surface area contributed by atoms with E-state index in [9.17, 15) is 0 Å². The zero-order valence-corrected chi connectivity index (χ0v) is 10.8.